The van der Waals surface area contributed by atoms with Crippen LogP contribution in [0.3, 0.4) is 0 Å². The molecule has 1 aromatic rings. The second-order valence-electron chi connectivity index (χ2n) is 3.00. The van der Waals surface area contributed by atoms with Crippen LogP contribution in [0.5, 0.6) is 5.75 Å². The molecule has 15 heavy (non-hydrogen) atoms. The van der Waals surface area contributed by atoms with E-state index in [9.17, 15) is 4.39 Å². The maximum absolute atomic E-state index is 13.6. The highest BCUT2D eigenvalue weighted by molar-refractivity contribution is 6.58. The van der Waals surface area contributed by atoms with Crippen LogP contribution in [0.4, 0.5) is 4.39 Å². The van der Waals surface area contributed by atoms with Crippen molar-refractivity contribution in [1.29, 1.82) is 0 Å². The van der Waals surface area contributed by atoms with Gasteiger partial charge in [-0.15, -0.1) is 0 Å². The van der Waals surface area contributed by atoms with Gasteiger partial charge < -0.3 is 14.8 Å². The van der Waals surface area contributed by atoms with Gasteiger partial charge in [-0.3, -0.25) is 0 Å². The molecule has 0 aliphatic carbocycles. The predicted octanol–water partition coefficient (Wildman–Crippen LogP) is 0.948. The van der Waals surface area contributed by atoms with Gasteiger partial charge in [0.1, 0.15) is 0 Å². The molecule has 0 spiro atoms. The third kappa shape index (κ3) is 2.84. The fraction of sp³-hybridized carbons (Fsp3) is 0.333. The lowest BCUT2D eigenvalue weighted by atomic mass is 9.80. The molecule has 1 rings (SSSR count). The molecule has 0 bridgehead atoms. The molecule has 0 fully saturated rings. The van der Waals surface area contributed by atoms with Gasteiger partial charge in [-0.1, -0.05) is 24.6 Å². The second kappa shape index (κ2) is 5.35. The van der Waals surface area contributed by atoms with Crippen molar-refractivity contribution in [2.45, 2.75) is 13.3 Å². The van der Waals surface area contributed by atoms with Crippen molar-refractivity contribution in [3.63, 3.8) is 0 Å². The summed E-state index contributed by atoms with van der Waals surface area (Å²) in [6.45, 7) is 2.19. The van der Waals surface area contributed by atoms with Crippen molar-refractivity contribution >= 4 is 24.2 Å². The van der Waals surface area contributed by atoms with Gasteiger partial charge in [0.25, 0.3) is 0 Å². The number of hydrogen-bond acceptors (Lipinski definition) is 3. The van der Waals surface area contributed by atoms with Crippen LogP contribution in [-0.4, -0.2) is 23.8 Å². The van der Waals surface area contributed by atoms with Gasteiger partial charge in [0.05, 0.1) is 11.6 Å². The Bertz CT molecular complexity index is 346. The summed E-state index contributed by atoms with van der Waals surface area (Å²) in [6.07, 6.45) is 0.710. The molecule has 0 saturated heterocycles. The normalized spacial score (nSPS) is 10.2. The molecule has 1 aromatic carbocycles. The molecule has 6 heteroatoms. The van der Waals surface area contributed by atoms with Gasteiger partial charge in [0, 0.05) is 5.46 Å². The molecule has 3 nitrogen and oxygen atoms in total. The smallest absolute Gasteiger partial charge is 0.489 e. The van der Waals surface area contributed by atoms with Crippen molar-refractivity contribution in [3.8, 4) is 5.75 Å². The SMILES string of the molecule is CCCOc1c(Cl)ccc(B(O)O)c1F. The number of halogens is 2. The van der Waals surface area contributed by atoms with Gasteiger partial charge in [-0.2, -0.15) is 0 Å². The lowest BCUT2D eigenvalue weighted by Gasteiger charge is -2.10. The topological polar surface area (TPSA) is 49.7 Å². The highest BCUT2D eigenvalue weighted by Crippen LogP contribution is 2.26. The summed E-state index contributed by atoms with van der Waals surface area (Å²) in [7, 11) is -1.87. The molecule has 0 heterocycles. The predicted molar refractivity (Wildman–Crippen MR) is 57.0 cm³/mol. The first-order chi connectivity index (χ1) is 7.07. The minimum atomic E-state index is -1.87. The van der Waals surface area contributed by atoms with Gasteiger partial charge in [0.2, 0.25) is 0 Å². The third-order valence-corrected chi connectivity index (χ3v) is 2.11. The second-order valence-corrected chi connectivity index (χ2v) is 3.41. The van der Waals surface area contributed by atoms with E-state index >= 15 is 0 Å². The Hall–Kier alpha value is -0.775. The van der Waals surface area contributed by atoms with Crippen LogP contribution < -0.4 is 10.2 Å². The van der Waals surface area contributed by atoms with Crippen LogP contribution in [0.25, 0.3) is 0 Å². The number of ether oxygens (including phenoxy) is 1. The summed E-state index contributed by atoms with van der Waals surface area (Å²) < 4.78 is 18.7. The Morgan fingerprint density at radius 3 is 2.67 bits per heavy atom. The van der Waals surface area contributed by atoms with E-state index in [4.69, 9.17) is 26.4 Å². The van der Waals surface area contributed by atoms with Gasteiger partial charge in [0.15, 0.2) is 11.6 Å². The van der Waals surface area contributed by atoms with Crippen molar-refractivity contribution in [2.75, 3.05) is 6.61 Å². The number of benzene rings is 1. The number of hydrogen-bond donors (Lipinski definition) is 2. The van der Waals surface area contributed by atoms with Crippen molar-refractivity contribution in [1.82, 2.24) is 0 Å². The maximum Gasteiger partial charge on any atom is 0.491 e. The molecule has 2 N–H and O–H groups in total. The zero-order chi connectivity index (χ0) is 11.4. The maximum atomic E-state index is 13.6. The van der Waals surface area contributed by atoms with E-state index in [2.05, 4.69) is 0 Å². The Balaban J connectivity index is 3.06. The number of rotatable bonds is 4. The summed E-state index contributed by atoms with van der Waals surface area (Å²) in [5, 5.41) is 17.8. The molecule has 0 aliphatic rings. The van der Waals surface area contributed by atoms with Gasteiger partial charge in [-0.25, -0.2) is 4.39 Å². The Morgan fingerprint density at radius 1 is 1.47 bits per heavy atom. The molecule has 0 radical (unpaired) electrons. The van der Waals surface area contributed by atoms with Crippen LogP contribution in [0.2, 0.25) is 5.02 Å². The van der Waals surface area contributed by atoms with Crippen molar-refractivity contribution in [3.05, 3.63) is 23.0 Å². The van der Waals surface area contributed by atoms with Gasteiger partial charge >= 0.3 is 7.12 Å². The largest absolute Gasteiger partial charge is 0.491 e. The average Bonchev–Trinajstić information content (AvgIpc) is 2.17. The molecule has 0 amide bonds. The zero-order valence-corrected chi connectivity index (χ0v) is 8.96. The summed E-state index contributed by atoms with van der Waals surface area (Å²) in [5.41, 5.74) is -0.245. The average molecular weight is 232 g/mol. The first-order valence-corrected chi connectivity index (χ1v) is 4.92. The third-order valence-electron chi connectivity index (χ3n) is 1.81. The van der Waals surface area contributed by atoms with E-state index in [0.29, 0.717) is 13.0 Å². The van der Waals surface area contributed by atoms with Crippen molar-refractivity contribution in [2.24, 2.45) is 0 Å². The minimum Gasteiger partial charge on any atom is -0.489 e. The standard InChI is InChI=1S/C9H11BClFO3/c1-2-5-15-9-7(11)4-3-6(8(9)12)10(13)14/h3-4,13-14H,2,5H2,1H3. The molecule has 0 aliphatic heterocycles. The van der Waals surface area contributed by atoms with E-state index in [-0.39, 0.29) is 16.2 Å². The highest BCUT2D eigenvalue weighted by Gasteiger charge is 2.21. The lowest BCUT2D eigenvalue weighted by Crippen LogP contribution is -2.33. The van der Waals surface area contributed by atoms with E-state index in [1.54, 1.807) is 0 Å². The Kier molecular flexibility index (Phi) is 4.38. The summed E-state index contributed by atoms with van der Waals surface area (Å²) >= 11 is 5.71. The Morgan fingerprint density at radius 2 is 2.13 bits per heavy atom. The van der Waals surface area contributed by atoms with E-state index in [0.717, 1.165) is 0 Å². The zero-order valence-electron chi connectivity index (χ0n) is 8.20. The monoisotopic (exact) mass is 232 g/mol. The first kappa shape index (κ1) is 12.3. The molecular formula is C9H11BClFO3. The molecule has 82 valence electrons. The fourth-order valence-electron chi connectivity index (χ4n) is 1.08. The van der Waals surface area contributed by atoms with Crippen LogP contribution in [0.15, 0.2) is 12.1 Å². The molecule has 0 aromatic heterocycles. The van der Waals surface area contributed by atoms with E-state index in [1.165, 1.54) is 12.1 Å². The summed E-state index contributed by atoms with van der Waals surface area (Å²) in [5.74, 6) is -0.963. The molecule has 0 unspecified atom stereocenters. The van der Waals surface area contributed by atoms with Crippen LogP contribution >= 0.6 is 11.6 Å². The lowest BCUT2D eigenvalue weighted by molar-refractivity contribution is 0.301. The summed E-state index contributed by atoms with van der Waals surface area (Å²) in [4.78, 5) is 0. The summed E-state index contributed by atoms with van der Waals surface area (Å²) in [6, 6.07) is 2.57. The minimum absolute atomic E-state index is 0.116. The van der Waals surface area contributed by atoms with E-state index in [1.807, 2.05) is 6.92 Å². The van der Waals surface area contributed by atoms with Crippen molar-refractivity contribution < 1.29 is 19.2 Å². The molecular weight excluding hydrogens is 221 g/mol. The highest BCUT2D eigenvalue weighted by atomic mass is 35.5. The van der Waals surface area contributed by atoms with Crippen LogP contribution in [0.1, 0.15) is 13.3 Å². The Labute approximate surface area is 92.6 Å². The molecule has 0 saturated carbocycles. The quantitative estimate of drug-likeness (QED) is 0.760. The van der Waals surface area contributed by atoms with Gasteiger partial charge in [-0.05, 0) is 12.5 Å². The fourth-order valence-corrected chi connectivity index (χ4v) is 1.28. The van der Waals surface area contributed by atoms with Crippen LogP contribution in [-0.2, 0) is 0 Å². The first-order valence-electron chi connectivity index (χ1n) is 4.54. The van der Waals surface area contributed by atoms with E-state index < -0.39 is 12.9 Å². The molecule has 0 atom stereocenters. The van der Waals surface area contributed by atoms with Crippen LogP contribution in [0, 0.1) is 5.82 Å².